The van der Waals surface area contributed by atoms with Crippen molar-refractivity contribution in [3.63, 3.8) is 0 Å². The Kier molecular flexibility index (Phi) is 4.38. The maximum Gasteiger partial charge on any atom is 0.165 e. The molecule has 0 saturated heterocycles. The molecular weight excluding hydrogens is 333 g/mol. The number of hydrogen-bond acceptors (Lipinski definition) is 1. The summed E-state index contributed by atoms with van der Waals surface area (Å²) in [6.07, 6.45) is 0. The highest BCUT2D eigenvalue weighted by atomic mass is 79.9. The molecule has 1 nitrogen and oxygen atoms in total. The van der Waals surface area contributed by atoms with Gasteiger partial charge in [0.05, 0.1) is 11.9 Å². The molecule has 1 atom stereocenters. The molecule has 0 amide bonds. The van der Waals surface area contributed by atoms with Crippen molar-refractivity contribution in [2.75, 3.05) is 7.11 Å². The molecule has 2 aromatic carbocycles. The van der Waals surface area contributed by atoms with Gasteiger partial charge in [-0.25, -0.2) is 13.2 Å². The SMILES string of the molecule is COc1ccc(C(Br)c2cc(F)c(C)cc2F)cc1F. The first-order valence-corrected chi connectivity index (χ1v) is 6.78. The molecular formula is C15H12BrF3O. The van der Waals surface area contributed by atoms with E-state index in [0.29, 0.717) is 5.56 Å². The average Bonchev–Trinajstić information content (AvgIpc) is 2.42. The summed E-state index contributed by atoms with van der Waals surface area (Å²) in [4.78, 5) is -0.641. The van der Waals surface area contributed by atoms with Gasteiger partial charge in [0.15, 0.2) is 11.6 Å². The molecule has 0 aliphatic carbocycles. The third-order valence-corrected chi connectivity index (χ3v) is 4.04. The van der Waals surface area contributed by atoms with Gasteiger partial charge in [0.25, 0.3) is 0 Å². The van der Waals surface area contributed by atoms with E-state index in [0.717, 1.165) is 12.1 Å². The fourth-order valence-electron chi connectivity index (χ4n) is 1.88. The highest BCUT2D eigenvalue weighted by molar-refractivity contribution is 9.09. The average molecular weight is 345 g/mol. The second-order valence-corrected chi connectivity index (χ2v) is 5.30. The third kappa shape index (κ3) is 2.82. The molecule has 0 fully saturated rings. The highest BCUT2D eigenvalue weighted by Crippen LogP contribution is 2.35. The zero-order valence-electron chi connectivity index (χ0n) is 10.9. The van der Waals surface area contributed by atoms with Crippen LogP contribution in [0.15, 0.2) is 30.3 Å². The van der Waals surface area contributed by atoms with Crippen LogP contribution < -0.4 is 4.74 Å². The van der Waals surface area contributed by atoms with Crippen molar-refractivity contribution in [1.82, 2.24) is 0 Å². The van der Waals surface area contributed by atoms with Crippen LogP contribution in [0.3, 0.4) is 0 Å². The number of rotatable bonds is 3. The Morgan fingerprint density at radius 2 is 1.70 bits per heavy atom. The van der Waals surface area contributed by atoms with E-state index in [-0.39, 0.29) is 16.9 Å². The Hall–Kier alpha value is -1.49. The lowest BCUT2D eigenvalue weighted by molar-refractivity contribution is 0.386. The molecule has 0 saturated carbocycles. The molecule has 0 radical (unpaired) electrons. The van der Waals surface area contributed by atoms with Crippen LogP contribution in [0.2, 0.25) is 0 Å². The Bertz CT molecular complexity index is 643. The van der Waals surface area contributed by atoms with Crippen LogP contribution >= 0.6 is 15.9 Å². The lowest BCUT2D eigenvalue weighted by Gasteiger charge is -2.14. The molecule has 0 N–H and O–H groups in total. The summed E-state index contributed by atoms with van der Waals surface area (Å²) in [6, 6.07) is 6.51. The van der Waals surface area contributed by atoms with Crippen molar-refractivity contribution in [3.8, 4) is 5.75 Å². The maximum absolute atomic E-state index is 13.9. The number of alkyl halides is 1. The van der Waals surface area contributed by atoms with Gasteiger partial charge in [-0.15, -0.1) is 0 Å². The summed E-state index contributed by atoms with van der Waals surface area (Å²) in [7, 11) is 1.36. The van der Waals surface area contributed by atoms with E-state index >= 15 is 0 Å². The minimum absolute atomic E-state index is 0.101. The van der Waals surface area contributed by atoms with Crippen molar-refractivity contribution in [3.05, 3.63) is 64.5 Å². The molecule has 2 aromatic rings. The topological polar surface area (TPSA) is 9.23 Å². The van der Waals surface area contributed by atoms with Gasteiger partial charge in [0.2, 0.25) is 0 Å². The highest BCUT2D eigenvalue weighted by Gasteiger charge is 2.18. The van der Waals surface area contributed by atoms with E-state index in [1.165, 1.54) is 26.2 Å². The number of aryl methyl sites for hydroxylation is 1. The number of halogens is 4. The normalized spacial score (nSPS) is 12.3. The van der Waals surface area contributed by atoms with E-state index < -0.39 is 22.3 Å². The van der Waals surface area contributed by atoms with Crippen molar-refractivity contribution >= 4 is 15.9 Å². The van der Waals surface area contributed by atoms with Crippen LogP contribution in [0, 0.1) is 24.4 Å². The minimum atomic E-state index is -0.641. The number of hydrogen-bond donors (Lipinski definition) is 0. The Morgan fingerprint density at radius 3 is 2.30 bits per heavy atom. The van der Waals surface area contributed by atoms with Crippen LogP contribution in [0.4, 0.5) is 13.2 Å². The lowest BCUT2D eigenvalue weighted by atomic mass is 10.0. The Balaban J connectivity index is 2.43. The summed E-state index contributed by atoms with van der Waals surface area (Å²) in [5.74, 6) is -1.49. The first kappa shape index (κ1) is 14.9. The van der Waals surface area contributed by atoms with E-state index in [4.69, 9.17) is 4.74 Å². The summed E-state index contributed by atoms with van der Waals surface area (Å²) in [5, 5.41) is 0. The lowest BCUT2D eigenvalue weighted by Crippen LogP contribution is -2.00. The second-order valence-electron chi connectivity index (χ2n) is 4.38. The monoisotopic (exact) mass is 344 g/mol. The van der Waals surface area contributed by atoms with Crippen LogP contribution in [0.1, 0.15) is 21.5 Å². The second kappa shape index (κ2) is 5.87. The quantitative estimate of drug-likeness (QED) is 0.719. The molecule has 106 valence electrons. The van der Waals surface area contributed by atoms with Crippen molar-refractivity contribution < 1.29 is 17.9 Å². The molecule has 0 aliphatic heterocycles. The molecule has 0 bridgehead atoms. The van der Waals surface area contributed by atoms with Gasteiger partial charge in [-0.1, -0.05) is 22.0 Å². The van der Waals surface area contributed by atoms with E-state index in [1.807, 2.05) is 0 Å². The van der Waals surface area contributed by atoms with Gasteiger partial charge in [0, 0.05) is 5.56 Å². The molecule has 0 heterocycles. The van der Waals surface area contributed by atoms with Gasteiger partial charge < -0.3 is 4.74 Å². The largest absolute Gasteiger partial charge is 0.494 e. The summed E-state index contributed by atoms with van der Waals surface area (Å²) < 4.78 is 45.9. The Morgan fingerprint density at radius 1 is 1.00 bits per heavy atom. The summed E-state index contributed by atoms with van der Waals surface area (Å²) >= 11 is 3.27. The molecule has 0 spiro atoms. The van der Waals surface area contributed by atoms with Gasteiger partial charge in [-0.05, 0) is 42.3 Å². The van der Waals surface area contributed by atoms with Crippen LogP contribution in [-0.4, -0.2) is 7.11 Å². The Labute approximate surface area is 123 Å². The third-order valence-electron chi connectivity index (χ3n) is 3.02. The zero-order chi connectivity index (χ0) is 14.9. The fourth-order valence-corrected chi connectivity index (χ4v) is 2.51. The molecule has 0 aliphatic rings. The first-order chi connectivity index (χ1) is 9.43. The van der Waals surface area contributed by atoms with Crippen LogP contribution in [0.5, 0.6) is 5.75 Å². The predicted octanol–water partition coefficient (Wildman–Crippen LogP) is 4.91. The molecule has 0 aromatic heterocycles. The standard InChI is InChI=1S/C15H12BrF3O/c1-8-5-12(18)10(7-11(8)17)15(16)9-3-4-14(20-2)13(19)6-9/h3-7,15H,1-2H3. The van der Waals surface area contributed by atoms with Gasteiger partial charge in [0.1, 0.15) is 11.6 Å². The van der Waals surface area contributed by atoms with Crippen molar-refractivity contribution in [1.29, 1.82) is 0 Å². The van der Waals surface area contributed by atoms with Crippen LogP contribution in [-0.2, 0) is 0 Å². The fraction of sp³-hybridized carbons (Fsp3) is 0.200. The first-order valence-electron chi connectivity index (χ1n) is 5.87. The maximum atomic E-state index is 13.9. The van der Waals surface area contributed by atoms with E-state index in [1.54, 1.807) is 6.07 Å². The van der Waals surface area contributed by atoms with Gasteiger partial charge in [-0.2, -0.15) is 0 Å². The van der Waals surface area contributed by atoms with Gasteiger partial charge in [-0.3, -0.25) is 0 Å². The van der Waals surface area contributed by atoms with E-state index in [9.17, 15) is 13.2 Å². The van der Waals surface area contributed by atoms with E-state index in [2.05, 4.69) is 15.9 Å². The number of methoxy groups -OCH3 is 1. The molecule has 2 rings (SSSR count). The summed E-state index contributed by atoms with van der Waals surface area (Å²) in [5.41, 5.74) is 0.829. The predicted molar refractivity (Wildman–Crippen MR) is 74.8 cm³/mol. The molecule has 1 unspecified atom stereocenters. The minimum Gasteiger partial charge on any atom is -0.494 e. The number of ether oxygens (including phenoxy) is 1. The van der Waals surface area contributed by atoms with Crippen LogP contribution in [0.25, 0.3) is 0 Å². The molecule has 20 heavy (non-hydrogen) atoms. The van der Waals surface area contributed by atoms with Crippen molar-refractivity contribution in [2.45, 2.75) is 11.8 Å². The number of benzene rings is 2. The smallest absolute Gasteiger partial charge is 0.165 e. The van der Waals surface area contributed by atoms with Gasteiger partial charge >= 0.3 is 0 Å². The van der Waals surface area contributed by atoms with Crippen molar-refractivity contribution in [2.24, 2.45) is 0 Å². The zero-order valence-corrected chi connectivity index (χ0v) is 12.5. The summed E-state index contributed by atoms with van der Waals surface area (Å²) in [6.45, 7) is 1.48. The molecule has 5 heteroatoms.